The van der Waals surface area contributed by atoms with Gasteiger partial charge in [0, 0.05) is 46.7 Å². The van der Waals surface area contributed by atoms with E-state index in [9.17, 15) is 14.4 Å². The number of Topliss-reactive ketones (excluding diaryl/α,β-unsaturated/α-hetero) is 2. The van der Waals surface area contributed by atoms with Crippen molar-refractivity contribution >= 4 is 33.9 Å². The van der Waals surface area contributed by atoms with Gasteiger partial charge in [-0.25, -0.2) is 4.79 Å². The molecule has 0 saturated carbocycles. The number of aryl methyl sites for hydroxylation is 1. The zero-order valence-corrected chi connectivity index (χ0v) is 21.9. The molecule has 0 saturated heterocycles. The minimum Gasteiger partial charge on any atom is -0.462 e. The first kappa shape index (κ1) is 23.5. The molecule has 1 aromatic heterocycles. The summed E-state index contributed by atoms with van der Waals surface area (Å²) in [5, 5.41) is 0.862. The molecule has 0 unspecified atom stereocenters. The second-order valence-corrected chi connectivity index (χ2v) is 12.9. The highest BCUT2D eigenvalue weighted by molar-refractivity contribution is 7.16. The lowest BCUT2D eigenvalue weighted by molar-refractivity contribution is -0.118. The van der Waals surface area contributed by atoms with Gasteiger partial charge in [-0.05, 0) is 61.8 Å². The number of hydrogen-bond donors (Lipinski definition) is 0. The SMILES string of the molecule is CCOC(=O)c1c(N2C3=C(CC4=C2CC(C)(C)CC4=O)C(=O)CC(C)(C)C3)sc2c1CCCC2. The Balaban J connectivity index is 1.77. The van der Waals surface area contributed by atoms with Crippen LogP contribution in [0.1, 0.15) is 100 Å². The van der Waals surface area contributed by atoms with Gasteiger partial charge in [-0.15, -0.1) is 11.3 Å². The minimum atomic E-state index is -0.283. The van der Waals surface area contributed by atoms with Gasteiger partial charge >= 0.3 is 5.97 Å². The van der Waals surface area contributed by atoms with E-state index < -0.39 is 0 Å². The van der Waals surface area contributed by atoms with Crippen molar-refractivity contribution in [3.05, 3.63) is 38.5 Å². The molecule has 2 heterocycles. The molecule has 182 valence electrons. The van der Waals surface area contributed by atoms with Gasteiger partial charge in [0.2, 0.25) is 0 Å². The predicted molar refractivity (Wildman–Crippen MR) is 134 cm³/mol. The predicted octanol–water partition coefficient (Wildman–Crippen LogP) is 6.30. The van der Waals surface area contributed by atoms with Gasteiger partial charge in [-0.2, -0.15) is 0 Å². The second-order valence-electron chi connectivity index (χ2n) is 11.9. The highest BCUT2D eigenvalue weighted by Gasteiger charge is 2.46. The Labute approximate surface area is 206 Å². The Hall–Kier alpha value is -2.21. The molecule has 1 aliphatic heterocycles. The van der Waals surface area contributed by atoms with E-state index >= 15 is 0 Å². The highest BCUT2D eigenvalue weighted by Crippen LogP contribution is 2.54. The smallest absolute Gasteiger partial charge is 0.341 e. The van der Waals surface area contributed by atoms with Gasteiger partial charge in [-0.1, -0.05) is 27.7 Å². The van der Waals surface area contributed by atoms with E-state index in [0.29, 0.717) is 31.4 Å². The second kappa shape index (κ2) is 8.18. The van der Waals surface area contributed by atoms with Crippen LogP contribution in [-0.4, -0.2) is 24.1 Å². The van der Waals surface area contributed by atoms with Crippen LogP contribution in [0.2, 0.25) is 0 Å². The van der Waals surface area contributed by atoms with Gasteiger partial charge in [0.15, 0.2) is 11.6 Å². The Morgan fingerprint density at radius 3 is 2.03 bits per heavy atom. The number of anilines is 1. The Kier molecular flexibility index (Phi) is 5.66. The molecule has 4 aliphatic rings. The van der Waals surface area contributed by atoms with E-state index in [0.717, 1.165) is 71.6 Å². The van der Waals surface area contributed by atoms with Crippen molar-refractivity contribution in [3.8, 4) is 0 Å². The molecule has 5 nitrogen and oxygen atoms in total. The summed E-state index contributed by atoms with van der Waals surface area (Å²) in [6.07, 6.45) is 6.96. The number of nitrogens with zero attached hydrogens (tertiary/aromatic N) is 1. The molecule has 0 aromatic carbocycles. The maximum Gasteiger partial charge on any atom is 0.341 e. The first-order valence-corrected chi connectivity index (χ1v) is 13.5. The molecule has 0 bridgehead atoms. The third kappa shape index (κ3) is 3.88. The van der Waals surface area contributed by atoms with Crippen LogP contribution in [-0.2, 0) is 27.2 Å². The number of rotatable bonds is 3. The van der Waals surface area contributed by atoms with Gasteiger partial charge in [-0.3, -0.25) is 9.59 Å². The molecule has 0 N–H and O–H groups in total. The molecule has 3 aliphatic carbocycles. The summed E-state index contributed by atoms with van der Waals surface area (Å²) in [4.78, 5) is 43.4. The van der Waals surface area contributed by atoms with Gasteiger partial charge < -0.3 is 9.64 Å². The van der Waals surface area contributed by atoms with Crippen molar-refractivity contribution in [2.45, 2.75) is 92.4 Å². The number of allylic oxidation sites excluding steroid dienone is 4. The first-order valence-electron chi connectivity index (χ1n) is 12.6. The summed E-state index contributed by atoms with van der Waals surface area (Å²) in [5.41, 5.74) is 4.98. The number of carbonyl (C=O) groups is 3. The van der Waals surface area contributed by atoms with E-state index in [1.807, 2.05) is 6.92 Å². The van der Waals surface area contributed by atoms with Crippen LogP contribution in [0, 0.1) is 10.8 Å². The maximum atomic E-state index is 13.3. The fourth-order valence-electron chi connectivity index (χ4n) is 6.19. The van der Waals surface area contributed by atoms with Crippen molar-refractivity contribution in [3.63, 3.8) is 0 Å². The number of carbonyl (C=O) groups excluding carboxylic acids is 3. The van der Waals surface area contributed by atoms with Crippen molar-refractivity contribution in [2.75, 3.05) is 11.5 Å². The van der Waals surface area contributed by atoms with Crippen LogP contribution >= 0.6 is 11.3 Å². The van der Waals surface area contributed by atoms with Crippen molar-refractivity contribution in [2.24, 2.45) is 10.8 Å². The molecule has 0 radical (unpaired) electrons. The normalized spacial score (nSPS) is 23.5. The molecular formula is C28H35NO4S. The Morgan fingerprint density at radius 2 is 1.47 bits per heavy atom. The Morgan fingerprint density at radius 1 is 0.912 bits per heavy atom. The number of ketones is 2. The third-order valence-electron chi connectivity index (χ3n) is 7.67. The van der Waals surface area contributed by atoms with Crippen LogP contribution in [0.3, 0.4) is 0 Å². The molecule has 6 heteroatoms. The molecule has 0 amide bonds. The van der Waals surface area contributed by atoms with Gasteiger partial charge in [0.1, 0.15) is 5.00 Å². The fraction of sp³-hybridized carbons (Fsp3) is 0.607. The van der Waals surface area contributed by atoms with Gasteiger partial charge in [0.25, 0.3) is 0 Å². The summed E-state index contributed by atoms with van der Waals surface area (Å²) in [5.74, 6) is -0.00607. The summed E-state index contributed by atoms with van der Waals surface area (Å²) in [6, 6.07) is 0. The average Bonchev–Trinajstić information content (AvgIpc) is 3.10. The zero-order valence-electron chi connectivity index (χ0n) is 21.1. The standard InChI is InChI=1S/C28H35NO4S/c1-6-33-26(32)24-16-9-7-8-10-23(16)34-25(24)29-19-12-27(2,3)14-21(30)17(19)11-18-20(29)13-28(4,5)15-22(18)31/h6-15H2,1-5H3. The highest BCUT2D eigenvalue weighted by atomic mass is 32.1. The van der Waals surface area contributed by atoms with Crippen LogP contribution in [0.15, 0.2) is 22.5 Å². The lowest BCUT2D eigenvalue weighted by Crippen LogP contribution is -2.42. The minimum absolute atomic E-state index is 0.138. The summed E-state index contributed by atoms with van der Waals surface area (Å²) in [6.45, 7) is 10.7. The molecule has 1 aromatic rings. The third-order valence-corrected chi connectivity index (χ3v) is 8.95. The van der Waals surface area contributed by atoms with Crippen molar-refractivity contribution in [1.82, 2.24) is 0 Å². The van der Waals surface area contributed by atoms with E-state index in [2.05, 4.69) is 32.6 Å². The van der Waals surface area contributed by atoms with Crippen molar-refractivity contribution < 1.29 is 19.1 Å². The number of ether oxygens (including phenoxy) is 1. The molecule has 0 atom stereocenters. The molecule has 5 rings (SSSR count). The molecule has 34 heavy (non-hydrogen) atoms. The van der Waals surface area contributed by atoms with Crippen LogP contribution in [0.25, 0.3) is 0 Å². The molecule has 0 fully saturated rings. The Bertz CT molecular complexity index is 1110. The lowest BCUT2D eigenvalue weighted by atomic mass is 9.68. The number of fused-ring (bicyclic) bond motifs is 1. The van der Waals surface area contributed by atoms with Crippen molar-refractivity contribution in [1.29, 1.82) is 0 Å². The first-order chi connectivity index (χ1) is 16.0. The number of esters is 1. The number of hydrogen-bond acceptors (Lipinski definition) is 6. The average molecular weight is 482 g/mol. The molecule has 0 spiro atoms. The van der Waals surface area contributed by atoms with Crippen LogP contribution < -0.4 is 4.90 Å². The number of thiophene rings is 1. The quantitative estimate of drug-likeness (QED) is 0.474. The van der Waals surface area contributed by atoms with E-state index in [1.165, 1.54) is 4.88 Å². The topological polar surface area (TPSA) is 63.7 Å². The summed E-state index contributed by atoms with van der Waals surface area (Å²) in [7, 11) is 0. The van der Waals surface area contributed by atoms with E-state index in [-0.39, 0.29) is 28.4 Å². The summed E-state index contributed by atoms with van der Waals surface area (Å²) < 4.78 is 5.56. The van der Waals surface area contributed by atoms with E-state index in [1.54, 1.807) is 11.3 Å². The lowest BCUT2D eigenvalue weighted by Gasteiger charge is -2.46. The van der Waals surface area contributed by atoms with Crippen LogP contribution in [0.5, 0.6) is 0 Å². The molecular weight excluding hydrogens is 446 g/mol. The zero-order chi connectivity index (χ0) is 24.4. The van der Waals surface area contributed by atoms with Crippen LogP contribution in [0.4, 0.5) is 5.00 Å². The fourth-order valence-corrected chi connectivity index (χ4v) is 7.61. The maximum absolute atomic E-state index is 13.3. The largest absolute Gasteiger partial charge is 0.462 e. The van der Waals surface area contributed by atoms with E-state index in [4.69, 9.17) is 4.74 Å². The van der Waals surface area contributed by atoms with Gasteiger partial charge in [0.05, 0.1) is 12.2 Å². The summed E-state index contributed by atoms with van der Waals surface area (Å²) >= 11 is 1.67. The monoisotopic (exact) mass is 481 g/mol.